The molecule has 0 aliphatic carbocycles. The van der Waals surface area contributed by atoms with Crippen molar-refractivity contribution in [2.24, 2.45) is 0 Å². The van der Waals surface area contributed by atoms with E-state index in [0.717, 1.165) is 12.8 Å². The molecule has 12 heavy (non-hydrogen) atoms. The van der Waals surface area contributed by atoms with Crippen LogP contribution in [0.25, 0.3) is 0 Å². The number of hydrogen-bond donors (Lipinski definition) is 0. The second-order valence-electron chi connectivity index (χ2n) is 3.09. The van der Waals surface area contributed by atoms with Gasteiger partial charge in [0.2, 0.25) is 0 Å². The molecule has 0 aromatic heterocycles. The van der Waals surface area contributed by atoms with Crippen LogP contribution in [0.4, 0.5) is 0 Å². The van der Waals surface area contributed by atoms with Crippen LogP contribution in [0.2, 0.25) is 0 Å². The molecule has 0 heterocycles. The lowest BCUT2D eigenvalue weighted by atomic mass is 10.1. The standard InChI is InChI=1S/C10H15O2/c1-5-7-8-9(11)12-10(3,4)6-2/h2H,1,5,7-8H2,3-4H3. The maximum atomic E-state index is 11.0. The van der Waals surface area contributed by atoms with Gasteiger partial charge in [0, 0.05) is 6.42 Å². The van der Waals surface area contributed by atoms with Gasteiger partial charge >= 0.3 is 5.97 Å². The Morgan fingerprint density at radius 3 is 2.67 bits per heavy atom. The van der Waals surface area contributed by atoms with Crippen molar-refractivity contribution in [1.82, 2.24) is 0 Å². The van der Waals surface area contributed by atoms with Gasteiger partial charge in [0.05, 0.1) is 0 Å². The summed E-state index contributed by atoms with van der Waals surface area (Å²) in [6.07, 6.45) is 7.03. The summed E-state index contributed by atoms with van der Waals surface area (Å²) < 4.78 is 4.99. The van der Waals surface area contributed by atoms with E-state index in [4.69, 9.17) is 11.2 Å². The number of hydrogen-bond acceptors (Lipinski definition) is 2. The van der Waals surface area contributed by atoms with Crippen molar-refractivity contribution in [3.05, 3.63) is 6.92 Å². The van der Waals surface area contributed by atoms with Crippen molar-refractivity contribution < 1.29 is 9.53 Å². The van der Waals surface area contributed by atoms with E-state index in [0.29, 0.717) is 6.42 Å². The highest BCUT2D eigenvalue weighted by Gasteiger charge is 2.18. The van der Waals surface area contributed by atoms with Crippen LogP contribution in [-0.2, 0) is 9.53 Å². The molecule has 2 nitrogen and oxygen atoms in total. The third kappa shape index (κ3) is 4.79. The first-order chi connectivity index (χ1) is 5.52. The van der Waals surface area contributed by atoms with Crippen LogP contribution in [0.5, 0.6) is 0 Å². The van der Waals surface area contributed by atoms with Gasteiger partial charge in [-0.15, -0.1) is 6.42 Å². The van der Waals surface area contributed by atoms with E-state index < -0.39 is 5.60 Å². The largest absolute Gasteiger partial charge is 0.446 e. The van der Waals surface area contributed by atoms with Gasteiger partial charge in [0.25, 0.3) is 0 Å². The molecule has 1 radical (unpaired) electrons. The van der Waals surface area contributed by atoms with Gasteiger partial charge in [-0.3, -0.25) is 4.79 Å². The van der Waals surface area contributed by atoms with Gasteiger partial charge in [-0.05, 0) is 20.3 Å². The third-order valence-electron chi connectivity index (χ3n) is 1.35. The number of carbonyl (C=O) groups excluding carboxylic acids is 1. The fraction of sp³-hybridized carbons (Fsp3) is 0.600. The number of ether oxygens (including phenoxy) is 1. The number of esters is 1. The molecule has 0 aliphatic heterocycles. The molecule has 2 heteroatoms. The van der Waals surface area contributed by atoms with Crippen molar-refractivity contribution in [2.75, 3.05) is 0 Å². The Labute approximate surface area is 74.3 Å². The normalized spacial score (nSPS) is 10.5. The lowest BCUT2D eigenvalue weighted by molar-refractivity contribution is -0.151. The average Bonchev–Trinajstić information content (AvgIpc) is 2.00. The Hall–Kier alpha value is -0.970. The average molecular weight is 167 g/mol. The highest BCUT2D eigenvalue weighted by Crippen LogP contribution is 2.09. The lowest BCUT2D eigenvalue weighted by Gasteiger charge is -2.18. The van der Waals surface area contributed by atoms with E-state index in [1.807, 2.05) is 0 Å². The summed E-state index contributed by atoms with van der Waals surface area (Å²) in [4.78, 5) is 11.0. The number of carbonyl (C=O) groups is 1. The Morgan fingerprint density at radius 2 is 2.25 bits per heavy atom. The molecule has 0 fully saturated rings. The second kappa shape index (κ2) is 4.82. The van der Waals surface area contributed by atoms with Crippen LogP contribution in [0.15, 0.2) is 0 Å². The Kier molecular flexibility index (Phi) is 4.43. The zero-order valence-electron chi connectivity index (χ0n) is 7.72. The highest BCUT2D eigenvalue weighted by atomic mass is 16.6. The van der Waals surface area contributed by atoms with E-state index >= 15 is 0 Å². The molecule has 0 unspecified atom stereocenters. The van der Waals surface area contributed by atoms with E-state index in [1.54, 1.807) is 13.8 Å². The van der Waals surface area contributed by atoms with Gasteiger partial charge in [-0.2, -0.15) is 0 Å². The van der Waals surface area contributed by atoms with Crippen molar-refractivity contribution in [3.8, 4) is 12.3 Å². The zero-order chi connectivity index (χ0) is 9.61. The molecule has 0 bridgehead atoms. The molecule has 67 valence electrons. The fourth-order valence-corrected chi connectivity index (χ4v) is 0.634. The summed E-state index contributed by atoms with van der Waals surface area (Å²) in [6.45, 7) is 7.01. The molecule has 0 saturated carbocycles. The molecule has 0 saturated heterocycles. The Morgan fingerprint density at radius 1 is 1.67 bits per heavy atom. The summed E-state index contributed by atoms with van der Waals surface area (Å²) in [7, 11) is 0. The zero-order valence-corrected chi connectivity index (χ0v) is 7.72. The molecule has 0 atom stereocenters. The number of unbranched alkanes of at least 4 members (excludes halogenated alkanes) is 1. The summed E-state index contributed by atoms with van der Waals surface area (Å²) in [6, 6.07) is 0. The summed E-state index contributed by atoms with van der Waals surface area (Å²) >= 11 is 0. The van der Waals surface area contributed by atoms with E-state index in [9.17, 15) is 4.79 Å². The maximum Gasteiger partial charge on any atom is 0.307 e. The molecule has 0 N–H and O–H groups in total. The Bertz CT molecular complexity index is 187. The summed E-state index contributed by atoms with van der Waals surface area (Å²) in [5.41, 5.74) is -0.780. The molecule has 0 aromatic carbocycles. The van der Waals surface area contributed by atoms with Crippen LogP contribution in [0.3, 0.4) is 0 Å². The first-order valence-electron chi connectivity index (χ1n) is 4.00. The predicted molar refractivity (Wildman–Crippen MR) is 48.2 cm³/mol. The molecular formula is C10H15O2. The molecule has 0 spiro atoms. The molecular weight excluding hydrogens is 152 g/mol. The first-order valence-corrected chi connectivity index (χ1v) is 4.00. The SMILES string of the molecule is C#CC(C)(C)OC(=O)CCC[CH2]. The quantitative estimate of drug-likeness (QED) is 0.472. The second-order valence-corrected chi connectivity index (χ2v) is 3.09. The fourth-order valence-electron chi connectivity index (χ4n) is 0.634. The van der Waals surface area contributed by atoms with Crippen LogP contribution < -0.4 is 0 Å². The molecule has 0 aliphatic rings. The van der Waals surface area contributed by atoms with Gasteiger partial charge in [0.1, 0.15) is 0 Å². The summed E-state index contributed by atoms with van der Waals surface area (Å²) in [5, 5.41) is 0. The lowest BCUT2D eigenvalue weighted by Crippen LogP contribution is -2.25. The monoisotopic (exact) mass is 167 g/mol. The molecule has 0 rings (SSSR count). The molecule has 0 amide bonds. The highest BCUT2D eigenvalue weighted by molar-refractivity contribution is 5.70. The van der Waals surface area contributed by atoms with Crippen molar-refractivity contribution >= 4 is 5.97 Å². The van der Waals surface area contributed by atoms with Crippen molar-refractivity contribution in [3.63, 3.8) is 0 Å². The Balaban J connectivity index is 3.78. The smallest absolute Gasteiger partial charge is 0.307 e. The predicted octanol–water partition coefficient (Wildman–Crippen LogP) is 1.95. The minimum atomic E-state index is -0.780. The van der Waals surface area contributed by atoms with Gasteiger partial charge in [-0.25, -0.2) is 0 Å². The van der Waals surface area contributed by atoms with Crippen molar-refractivity contribution in [1.29, 1.82) is 0 Å². The molecule has 0 aromatic rings. The van der Waals surface area contributed by atoms with Gasteiger partial charge < -0.3 is 4.74 Å². The van der Waals surface area contributed by atoms with E-state index in [-0.39, 0.29) is 5.97 Å². The van der Waals surface area contributed by atoms with Crippen LogP contribution in [0.1, 0.15) is 33.1 Å². The first kappa shape index (κ1) is 11.0. The van der Waals surface area contributed by atoms with Crippen LogP contribution >= 0.6 is 0 Å². The minimum absolute atomic E-state index is 0.249. The van der Waals surface area contributed by atoms with E-state index in [2.05, 4.69) is 12.8 Å². The van der Waals surface area contributed by atoms with E-state index in [1.165, 1.54) is 0 Å². The van der Waals surface area contributed by atoms with Crippen LogP contribution in [-0.4, -0.2) is 11.6 Å². The summed E-state index contributed by atoms with van der Waals surface area (Å²) in [5.74, 6) is 2.14. The van der Waals surface area contributed by atoms with Gasteiger partial charge in [-0.1, -0.05) is 19.3 Å². The maximum absolute atomic E-state index is 11.0. The topological polar surface area (TPSA) is 26.3 Å². The third-order valence-corrected chi connectivity index (χ3v) is 1.35. The van der Waals surface area contributed by atoms with Crippen molar-refractivity contribution in [2.45, 2.75) is 38.7 Å². The number of rotatable bonds is 4. The number of terminal acetylenes is 1. The van der Waals surface area contributed by atoms with Crippen LogP contribution in [0, 0.1) is 19.3 Å². The minimum Gasteiger partial charge on any atom is -0.446 e. The van der Waals surface area contributed by atoms with Gasteiger partial charge in [0.15, 0.2) is 5.60 Å².